The van der Waals surface area contributed by atoms with E-state index in [0.717, 1.165) is 69.2 Å². The van der Waals surface area contributed by atoms with Gasteiger partial charge in [-0.1, -0.05) is 18.2 Å². The Kier molecular flexibility index (Phi) is 10.2. The van der Waals surface area contributed by atoms with Crippen LogP contribution in [0.5, 0.6) is 0 Å². The molecule has 1 aromatic heterocycles. The summed E-state index contributed by atoms with van der Waals surface area (Å²) in [5, 5.41) is 6.90. The molecule has 158 valence electrons. The molecular weight excluding hydrogens is 480 g/mol. The van der Waals surface area contributed by atoms with E-state index < -0.39 is 0 Å². The van der Waals surface area contributed by atoms with Gasteiger partial charge >= 0.3 is 0 Å². The summed E-state index contributed by atoms with van der Waals surface area (Å²) in [6.07, 6.45) is 5.70. The van der Waals surface area contributed by atoms with Crippen molar-refractivity contribution in [1.29, 1.82) is 0 Å². The molecule has 0 bridgehead atoms. The summed E-state index contributed by atoms with van der Waals surface area (Å²) in [5.41, 5.74) is 1.02. The smallest absolute Gasteiger partial charge is 0.191 e. The number of aryl methyl sites for hydroxylation is 1. The summed E-state index contributed by atoms with van der Waals surface area (Å²) in [4.78, 5) is 11.5. The minimum atomic E-state index is -0.173. The summed E-state index contributed by atoms with van der Waals surface area (Å²) < 4.78 is 13.2. The highest BCUT2D eigenvalue weighted by Gasteiger charge is 2.20. The standard InChI is InChI=1S/C22H30FN5.HI/c1-2-24-22(26-14-6-8-18-7-5-9-19(23)17-18)27-20-11-15-28(16-12-20)21-10-3-4-13-25-21;/h3-5,7,9-10,13,17,20H,2,6,8,11-12,14-16H2,1H3,(H2,24,26,27);1H. The van der Waals surface area contributed by atoms with Gasteiger partial charge in [-0.2, -0.15) is 0 Å². The molecule has 0 radical (unpaired) electrons. The second-order valence-corrected chi connectivity index (χ2v) is 7.09. The molecule has 0 unspecified atom stereocenters. The maximum atomic E-state index is 13.2. The van der Waals surface area contributed by atoms with Crippen molar-refractivity contribution >= 4 is 35.8 Å². The van der Waals surface area contributed by atoms with Crippen LogP contribution in [0.15, 0.2) is 53.7 Å². The molecule has 0 amide bonds. The molecule has 1 aliphatic rings. The SMILES string of the molecule is CCNC(=NCCCc1cccc(F)c1)NC1CCN(c2ccccn2)CC1.I. The number of halogens is 2. The van der Waals surface area contributed by atoms with Crippen molar-refractivity contribution in [1.82, 2.24) is 15.6 Å². The minimum Gasteiger partial charge on any atom is -0.357 e. The van der Waals surface area contributed by atoms with E-state index in [1.807, 2.05) is 24.4 Å². The van der Waals surface area contributed by atoms with Gasteiger partial charge in [0.25, 0.3) is 0 Å². The number of hydrogen-bond acceptors (Lipinski definition) is 3. The Hall–Kier alpha value is -1.90. The monoisotopic (exact) mass is 511 g/mol. The van der Waals surface area contributed by atoms with Crippen molar-refractivity contribution in [3.05, 3.63) is 60.0 Å². The summed E-state index contributed by atoms with van der Waals surface area (Å²) >= 11 is 0. The average molecular weight is 511 g/mol. The second-order valence-electron chi connectivity index (χ2n) is 7.09. The van der Waals surface area contributed by atoms with Gasteiger partial charge in [0.15, 0.2) is 5.96 Å². The van der Waals surface area contributed by atoms with E-state index in [-0.39, 0.29) is 29.8 Å². The molecule has 1 aliphatic heterocycles. The number of aliphatic imine (C=N–C) groups is 1. The van der Waals surface area contributed by atoms with E-state index in [2.05, 4.69) is 33.5 Å². The fourth-order valence-electron chi connectivity index (χ4n) is 3.47. The van der Waals surface area contributed by atoms with Crippen LogP contribution in [0.1, 0.15) is 31.7 Å². The predicted molar refractivity (Wildman–Crippen MR) is 129 cm³/mol. The van der Waals surface area contributed by atoms with E-state index in [1.54, 1.807) is 12.1 Å². The first kappa shape index (κ1) is 23.4. The topological polar surface area (TPSA) is 52.6 Å². The van der Waals surface area contributed by atoms with Crippen molar-refractivity contribution in [2.75, 3.05) is 31.1 Å². The molecule has 1 saturated heterocycles. The number of guanidine groups is 1. The van der Waals surface area contributed by atoms with Crippen LogP contribution in [0.25, 0.3) is 0 Å². The Morgan fingerprint density at radius 3 is 2.72 bits per heavy atom. The largest absolute Gasteiger partial charge is 0.357 e. The highest BCUT2D eigenvalue weighted by Crippen LogP contribution is 2.17. The van der Waals surface area contributed by atoms with Gasteiger partial charge in [0, 0.05) is 38.4 Å². The molecule has 1 fully saturated rings. The van der Waals surface area contributed by atoms with Crippen LogP contribution < -0.4 is 15.5 Å². The molecule has 3 rings (SSSR count). The quantitative estimate of drug-likeness (QED) is 0.256. The van der Waals surface area contributed by atoms with Gasteiger partial charge in [-0.15, -0.1) is 24.0 Å². The molecule has 29 heavy (non-hydrogen) atoms. The molecule has 2 heterocycles. The lowest BCUT2D eigenvalue weighted by Crippen LogP contribution is -2.49. The van der Waals surface area contributed by atoms with E-state index in [1.165, 1.54) is 6.07 Å². The van der Waals surface area contributed by atoms with Crippen LogP contribution in [0, 0.1) is 5.82 Å². The summed E-state index contributed by atoms with van der Waals surface area (Å²) in [7, 11) is 0. The zero-order valence-electron chi connectivity index (χ0n) is 17.0. The first-order chi connectivity index (χ1) is 13.7. The third-order valence-corrected chi connectivity index (χ3v) is 4.94. The molecule has 0 spiro atoms. The van der Waals surface area contributed by atoms with E-state index in [9.17, 15) is 4.39 Å². The highest BCUT2D eigenvalue weighted by atomic mass is 127. The Bertz CT molecular complexity index is 748. The number of anilines is 1. The summed E-state index contributed by atoms with van der Waals surface area (Å²) in [6.45, 7) is 5.62. The molecule has 2 aromatic rings. The number of nitrogens with one attached hydrogen (secondary N) is 2. The van der Waals surface area contributed by atoms with Crippen molar-refractivity contribution in [3.8, 4) is 0 Å². The van der Waals surface area contributed by atoms with E-state index in [4.69, 9.17) is 4.99 Å². The van der Waals surface area contributed by atoms with Crippen LogP contribution in [0.4, 0.5) is 10.2 Å². The van der Waals surface area contributed by atoms with Crippen molar-refractivity contribution in [2.45, 2.75) is 38.6 Å². The van der Waals surface area contributed by atoms with Gasteiger partial charge in [0.1, 0.15) is 11.6 Å². The van der Waals surface area contributed by atoms with Gasteiger partial charge in [-0.3, -0.25) is 4.99 Å². The van der Waals surface area contributed by atoms with Crippen molar-refractivity contribution < 1.29 is 4.39 Å². The Morgan fingerprint density at radius 2 is 2.03 bits per heavy atom. The molecule has 0 aliphatic carbocycles. The predicted octanol–water partition coefficient (Wildman–Crippen LogP) is 4.00. The summed E-state index contributed by atoms with van der Waals surface area (Å²) in [5.74, 6) is 1.75. The lowest BCUT2D eigenvalue weighted by molar-refractivity contribution is 0.459. The number of benzene rings is 1. The molecule has 2 N–H and O–H groups in total. The lowest BCUT2D eigenvalue weighted by atomic mass is 10.1. The summed E-state index contributed by atoms with van der Waals surface area (Å²) in [6, 6.07) is 13.3. The van der Waals surface area contributed by atoms with E-state index >= 15 is 0 Å². The van der Waals surface area contributed by atoms with E-state index in [0.29, 0.717) is 6.04 Å². The van der Waals surface area contributed by atoms with Crippen molar-refractivity contribution in [3.63, 3.8) is 0 Å². The fourth-order valence-corrected chi connectivity index (χ4v) is 3.47. The van der Waals surface area contributed by atoms with Crippen LogP contribution in [0.2, 0.25) is 0 Å². The number of pyridine rings is 1. The van der Waals surface area contributed by atoms with Gasteiger partial charge in [0.2, 0.25) is 0 Å². The minimum absolute atomic E-state index is 0. The van der Waals surface area contributed by atoms with Gasteiger partial charge < -0.3 is 15.5 Å². The molecule has 1 aromatic carbocycles. The number of hydrogen-bond donors (Lipinski definition) is 2. The fraction of sp³-hybridized carbons (Fsp3) is 0.455. The number of nitrogens with zero attached hydrogens (tertiary/aromatic N) is 3. The highest BCUT2D eigenvalue weighted by molar-refractivity contribution is 14.0. The maximum absolute atomic E-state index is 13.2. The molecule has 0 atom stereocenters. The van der Waals surface area contributed by atoms with Gasteiger partial charge in [-0.25, -0.2) is 9.37 Å². The number of rotatable bonds is 7. The Balaban J connectivity index is 0.00000300. The number of aromatic nitrogens is 1. The normalized spacial score (nSPS) is 15.0. The van der Waals surface area contributed by atoms with Crippen LogP contribution >= 0.6 is 24.0 Å². The first-order valence-electron chi connectivity index (χ1n) is 10.2. The number of piperidine rings is 1. The third-order valence-electron chi connectivity index (χ3n) is 4.94. The van der Waals surface area contributed by atoms with Crippen LogP contribution in [-0.2, 0) is 6.42 Å². The van der Waals surface area contributed by atoms with Crippen molar-refractivity contribution in [2.24, 2.45) is 4.99 Å². The van der Waals surface area contributed by atoms with Crippen LogP contribution in [-0.4, -0.2) is 43.2 Å². The Morgan fingerprint density at radius 1 is 1.21 bits per heavy atom. The molecule has 7 heteroatoms. The molecule has 5 nitrogen and oxygen atoms in total. The van der Waals surface area contributed by atoms with Gasteiger partial charge in [-0.05, 0) is 62.4 Å². The average Bonchev–Trinajstić information content (AvgIpc) is 2.72. The second kappa shape index (κ2) is 12.6. The van der Waals surface area contributed by atoms with Crippen LogP contribution in [0.3, 0.4) is 0 Å². The molecule has 0 saturated carbocycles. The maximum Gasteiger partial charge on any atom is 0.191 e. The van der Waals surface area contributed by atoms with Gasteiger partial charge in [0.05, 0.1) is 0 Å². The molecular formula is C22H31FIN5. The zero-order chi connectivity index (χ0) is 19.6. The first-order valence-corrected chi connectivity index (χ1v) is 10.2. The lowest BCUT2D eigenvalue weighted by Gasteiger charge is -2.33. The third kappa shape index (κ3) is 7.79. The Labute approximate surface area is 190 Å². The zero-order valence-corrected chi connectivity index (χ0v) is 19.3.